The van der Waals surface area contributed by atoms with E-state index in [1.807, 2.05) is 0 Å². The zero-order valence-electron chi connectivity index (χ0n) is 9.45. The summed E-state index contributed by atoms with van der Waals surface area (Å²) < 4.78 is 12.9. The predicted molar refractivity (Wildman–Crippen MR) is 59.9 cm³/mol. The minimum Gasteiger partial charge on any atom is -0.394 e. The van der Waals surface area contributed by atoms with Crippen LogP contribution in [0.3, 0.4) is 0 Å². The number of pyridine rings is 1. The van der Waals surface area contributed by atoms with Gasteiger partial charge in [0.15, 0.2) is 0 Å². The maximum atomic E-state index is 12.9. The van der Waals surface area contributed by atoms with Gasteiger partial charge in [-0.15, -0.1) is 0 Å². The lowest BCUT2D eigenvalue weighted by molar-refractivity contribution is 0.0837. The first-order valence-electron chi connectivity index (χ1n) is 5.69. The zero-order chi connectivity index (χ0) is 12.3. The maximum Gasteiger partial charge on any atom is 0.253 e. The Morgan fingerprint density at radius 3 is 2.76 bits per heavy atom. The van der Waals surface area contributed by atoms with Crippen molar-refractivity contribution >= 4 is 5.91 Å². The van der Waals surface area contributed by atoms with Crippen LogP contribution in [0.5, 0.6) is 0 Å². The Morgan fingerprint density at radius 2 is 2.18 bits per heavy atom. The third kappa shape index (κ3) is 2.61. The number of aromatic nitrogens is 1. The highest BCUT2D eigenvalue weighted by atomic mass is 19.1. The summed E-state index contributed by atoms with van der Waals surface area (Å²) in [6, 6.07) is 1.14. The molecule has 1 fully saturated rings. The first-order valence-corrected chi connectivity index (χ1v) is 5.69. The average Bonchev–Trinajstić information content (AvgIpc) is 2.78. The Kier molecular flexibility index (Phi) is 3.38. The summed E-state index contributed by atoms with van der Waals surface area (Å²) in [6.07, 6.45) is 5.87. The molecule has 0 spiro atoms. The highest BCUT2D eigenvalue weighted by molar-refractivity contribution is 5.94. The van der Waals surface area contributed by atoms with E-state index in [1.165, 1.54) is 6.20 Å². The number of amides is 1. The van der Waals surface area contributed by atoms with Gasteiger partial charge in [-0.25, -0.2) is 4.39 Å². The number of nitrogens with zero attached hydrogens (tertiary/aromatic N) is 1. The van der Waals surface area contributed by atoms with Crippen molar-refractivity contribution in [2.75, 3.05) is 6.61 Å². The van der Waals surface area contributed by atoms with Crippen LogP contribution < -0.4 is 5.32 Å². The molecule has 0 aliphatic heterocycles. The van der Waals surface area contributed by atoms with E-state index >= 15 is 0 Å². The molecule has 1 aromatic rings. The van der Waals surface area contributed by atoms with Gasteiger partial charge >= 0.3 is 0 Å². The molecule has 1 saturated carbocycles. The normalized spacial score (nSPS) is 18.0. The Bertz CT molecular complexity index is 417. The molecule has 5 heteroatoms. The van der Waals surface area contributed by atoms with Crippen LogP contribution in [0, 0.1) is 5.82 Å². The molecule has 0 unspecified atom stereocenters. The Hall–Kier alpha value is -1.49. The molecule has 2 N–H and O–H groups in total. The van der Waals surface area contributed by atoms with E-state index in [0.717, 1.165) is 37.9 Å². The van der Waals surface area contributed by atoms with Crippen LogP contribution in [0.2, 0.25) is 0 Å². The van der Waals surface area contributed by atoms with Gasteiger partial charge in [0.25, 0.3) is 5.91 Å². The number of hydrogen-bond acceptors (Lipinski definition) is 3. The molecule has 1 heterocycles. The molecule has 0 saturated heterocycles. The number of aliphatic hydroxyl groups is 1. The fourth-order valence-electron chi connectivity index (χ4n) is 2.22. The lowest BCUT2D eigenvalue weighted by Crippen LogP contribution is -2.49. The highest BCUT2D eigenvalue weighted by Crippen LogP contribution is 2.29. The molecule has 1 aromatic heterocycles. The van der Waals surface area contributed by atoms with Crippen molar-refractivity contribution in [1.82, 2.24) is 10.3 Å². The molecule has 4 nitrogen and oxygen atoms in total. The van der Waals surface area contributed by atoms with Crippen molar-refractivity contribution in [2.45, 2.75) is 31.2 Å². The molecule has 92 valence electrons. The number of carbonyl (C=O) groups excluding carboxylic acids is 1. The lowest BCUT2D eigenvalue weighted by atomic mass is 9.98. The maximum absolute atomic E-state index is 12.9. The van der Waals surface area contributed by atoms with Crippen molar-refractivity contribution in [3.05, 3.63) is 29.8 Å². The minimum atomic E-state index is -0.540. The zero-order valence-corrected chi connectivity index (χ0v) is 9.45. The monoisotopic (exact) mass is 238 g/mol. The summed E-state index contributed by atoms with van der Waals surface area (Å²) in [5.74, 6) is -0.921. The smallest absolute Gasteiger partial charge is 0.253 e. The molecule has 1 amide bonds. The second kappa shape index (κ2) is 4.79. The second-order valence-corrected chi connectivity index (χ2v) is 4.49. The third-order valence-electron chi connectivity index (χ3n) is 3.21. The van der Waals surface area contributed by atoms with Crippen LogP contribution >= 0.6 is 0 Å². The van der Waals surface area contributed by atoms with E-state index in [0.29, 0.717) is 0 Å². The Morgan fingerprint density at radius 1 is 1.47 bits per heavy atom. The first-order chi connectivity index (χ1) is 8.15. The van der Waals surface area contributed by atoms with Crippen LogP contribution in [0.4, 0.5) is 4.39 Å². The van der Waals surface area contributed by atoms with Crippen LogP contribution in [0.15, 0.2) is 18.5 Å². The van der Waals surface area contributed by atoms with E-state index in [2.05, 4.69) is 10.3 Å². The fraction of sp³-hybridized carbons (Fsp3) is 0.500. The van der Waals surface area contributed by atoms with Gasteiger partial charge in [-0.1, -0.05) is 12.8 Å². The molecule has 1 aliphatic carbocycles. The van der Waals surface area contributed by atoms with Gasteiger partial charge in [0, 0.05) is 6.20 Å². The Balaban J connectivity index is 2.11. The standard InChI is InChI=1S/C12H15FN2O2/c13-10-5-9(6-14-7-10)11(17)15-12(8-16)3-1-2-4-12/h5-7,16H,1-4,8H2,(H,15,17). The summed E-state index contributed by atoms with van der Waals surface area (Å²) in [7, 11) is 0. The van der Waals surface area contributed by atoms with Gasteiger partial charge in [-0.2, -0.15) is 0 Å². The van der Waals surface area contributed by atoms with Gasteiger partial charge < -0.3 is 10.4 Å². The topological polar surface area (TPSA) is 62.2 Å². The van der Waals surface area contributed by atoms with E-state index in [-0.39, 0.29) is 18.1 Å². The minimum absolute atomic E-state index is 0.0819. The van der Waals surface area contributed by atoms with Crippen LogP contribution in [0.1, 0.15) is 36.0 Å². The van der Waals surface area contributed by atoms with Crippen molar-refractivity contribution in [3.63, 3.8) is 0 Å². The molecule has 17 heavy (non-hydrogen) atoms. The quantitative estimate of drug-likeness (QED) is 0.833. The summed E-state index contributed by atoms with van der Waals surface area (Å²) in [4.78, 5) is 15.5. The van der Waals surface area contributed by atoms with Crippen LogP contribution in [0.25, 0.3) is 0 Å². The van der Waals surface area contributed by atoms with Crippen molar-refractivity contribution < 1.29 is 14.3 Å². The van der Waals surface area contributed by atoms with E-state index in [9.17, 15) is 14.3 Å². The number of rotatable bonds is 3. The SMILES string of the molecule is O=C(NC1(CO)CCCC1)c1cncc(F)c1. The number of nitrogens with one attached hydrogen (secondary N) is 1. The van der Waals surface area contributed by atoms with Gasteiger partial charge in [-0.3, -0.25) is 9.78 Å². The summed E-state index contributed by atoms with van der Waals surface area (Å²) in [6.45, 7) is -0.0819. The third-order valence-corrected chi connectivity index (χ3v) is 3.21. The molecular formula is C12H15FN2O2. The molecular weight excluding hydrogens is 223 g/mol. The van der Waals surface area contributed by atoms with Crippen molar-refractivity contribution in [2.24, 2.45) is 0 Å². The molecule has 2 rings (SSSR count). The summed E-state index contributed by atoms with van der Waals surface area (Å²) in [5, 5.41) is 12.2. The number of carbonyl (C=O) groups is 1. The summed E-state index contributed by atoms with van der Waals surface area (Å²) >= 11 is 0. The number of halogens is 1. The molecule has 0 radical (unpaired) electrons. The molecule has 1 aliphatic rings. The highest BCUT2D eigenvalue weighted by Gasteiger charge is 2.34. The summed E-state index contributed by atoms with van der Waals surface area (Å²) in [5.41, 5.74) is -0.353. The van der Waals surface area contributed by atoms with Gasteiger partial charge in [0.05, 0.1) is 23.9 Å². The average molecular weight is 238 g/mol. The van der Waals surface area contributed by atoms with Gasteiger partial charge in [-0.05, 0) is 18.9 Å². The van der Waals surface area contributed by atoms with Gasteiger partial charge in [0.1, 0.15) is 5.82 Å². The lowest BCUT2D eigenvalue weighted by Gasteiger charge is -2.27. The molecule has 0 bridgehead atoms. The number of hydrogen-bond donors (Lipinski definition) is 2. The second-order valence-electron chi connectivity index (χ2n) is 4.49. The van der Waals surface area contributed by atoms with Crippen molar-refractivity contribution in [1.29, 1.82) is 0 Å². The van der Waals surface area contributed by atoms with E-state index in [4.69, 9.17) is 0 Å². The van der Waals surface area contributed by atoms with Crippen LogP contribution in [-0.2, 0) is 0 Å². The number of aliphatic hydroxyl groups excluding tert-OH is 1. The molecule has 0 atom stereocenters. The predicted octanol–water partition coefficient (Wildman–Crippen LogP) is 1.26. The van der Waals surface area contributed by atoms with Crippen molar-refractivity contribution in [3.8, 4) is 0 Å². The molecule has 0 aromatic carbocycles. The fourth-order valence-corrected chi connectivity index (χ4v) is 2.22. The van der Waals surface area contributed by atoms with E-state index in [1.54, 1.807) is 0 Å². The largest absolute Gasteiger partial charge is 0.394 e. The first kappa shape index (κ1) is 12.0. The van der Waals surface area contributed by atoms with E-state index < -0.39 is 11.4 Å². The Labute approximate surface area is 98.9 Å². The van der Waals surface area contributed by atoms with Gasteiger partial charge in [0.2, 0.25) is 0 Å². The van der Waals surface area contributed by atoms with Crippen LogP contribution in [-0.4, -0.2) is 28.1 Å².